The highest BCUT2D eigenvalue weighted by atomic mass is 16.3. The molecule has 9 atom stereocenters. The lowest BCUT2D eigenvalue weighted by molar-refractivity contribution is -0.152. The Hall–Kier alpha value is -0.670. The van der Waals surface area contributed by atoms with Crippen molar-refractivity contribution in [2.24, 2.45) is 46.3 Å². The average molecular weight is 417 g/mol. The highest BCUT2D eigenvalue weighted by Crippen LogP contribution is 2.67. The largest absolute Gasteiger partial charge is 0.390 e. The molecule has 0 unspecified atom stereocenters. The van der Waals surface area contributed by atoms with Gasteiger partial charge in [0.25, 0.3) is 0 Å². The number of rotatable bonds is 5. The number of aliphatic hydroxyl groups is 2. The zero-order chi connectivity index (χ0) is 21.8. The fourth-order valence-corrected chi connectivity index (χ4v) is 8.59. The van der Waals surface area contributed by atoms with Crippen molar-refractivity contribution >= 4 is 5.78 Å². The van der Waals surface area contributed by atoms with Gasteiger partial charge in [-0.05, 0) is 90.1 Å². The fraction of sp³-hybridized carbons (Fsp3) is 0.889. The second-order valence-corrected chi connectivity index (χ2v) is 12.2. The molecule has 4 aliphatic carbocycles. The minimum Gasteiger partial charge on any atom is -0.390 e. The first-order valence-electron chi connectivity index (χ1n) is 12.7. The van der Waals surface area contributed by atoms with Crippen molar-refractivity contribution in [1.82, 2.24) is 0 Å². The highest BCUT2D eigenvalue weighted by molar-refractivity contribution is 5.92. The lowest BCUT2D eigenvalue weighted by Gasteiger charge is -2.61. The summed E-state index contributed by atoms with van der Waals surface area (Å²) in [6.07, 6.45) is 10.3. The van der Waals surface area contributed by atoms with Gasteiger partial charge in [-0.25, -0.2) is 0 Å². The predicted octanol–water partition coefficient (Wildman–Crippen LogP) is 5.54. The maximum atomic E-state index is 12.1. The van der Waals surface area contributed by atoms with E-state index in [-0.39, 0.29) is 22.5 Å². The summed E-state index contributed by atoms with van der Waals surface area (Å²) in [5, 5.41) is 22.4. The van der Waals surface area contributed by atoms with Gasteiger partial charge in [-0.1, -0.05) is 53.9 Å². The zero-order valence-electron chi connectivity index (χ0n) is 19.9. The minimum atomic E-state index is -0.870. The Balaban J connectivity index is 1.57. The van der Waals surface area contributed by atoms with Gasteiger partial charge in [0.2, 0.25) is 0 Å². The van der Waals surface area contributed by atoms with Crippen LogP contribution in [0.15, 0.2) is 11.6 Å². The molecule has 0 amide bonds. The number of hydrogen-bond acceptors (Lipinski definition) is 3. The summed E-state index contributed by atoms with van der Waals surface area (Å²) in [4.78, 5) is 12.1. The number of carbonyl (C=O) groups is 1. The van der Waals surface area contributed by atoms with Crippen LogP contribution in [0.5, 0.6) is 0 Å². The molecule has 0 bridgehead atoms. The van der Waals surface area contributed by atoms with Crippen LogP contribution in [0.4, 0.5) is 0 Å². The topological polar surface area (TPSA) is 57.5 Å². The van der Waals surface area contributed by atoms with E-state index in [0.29, 0.717) is 18.3 Å². The number of fused-ring (bicyclic) bond motifs is 5. The molecule has 3 nitrogen and oxygen atoms in total. The number of hydrogen-bond donors (Lipinski definition) is 2. The summed E-state index contributed by atoms with van der Waals surface area (Å²) >= 11 is 0. The molecule has 0 radical (unpaired) electrons. The van der Waals surface area contributed by atoms with E-state index in [4.69, 9.17) is 0 Å². The number of aliphatic hydroxyl groups excluding tert-OH is 2. The quantitative estimate of drug-likeness (QED) is 0.619. The molecule has 170 valence electrons. The Bertz CT molecular complexity index is 696. The van der Waals surface area contributed by atoms with E-state index in [0.717, 1.165) is 36.2 Å². The third kappa shape index (κ3) is 3.43. The van der Waals surface area contributed by atoms with Crippen LogP contribution in [0, 0.1) is 46.3 Å². The van der Waals surface area contributed by atoms with Crippen molar-refractivity contribution in [2.45, 2.75) is 105 Å². The predicted molar refractivity (Wildman–Crippen MR) is 121 cm³/mol. The molecule has 0 aromatic rings. The fourth-order valence-electron chi connectivity index (χ4n) is 8.59. The maximum Gasteiger partial charge on any atom is 0.155 e. The van der Waals surface area contributed by atoms with Gasteiger partial charge in [-0.15, -0.1) is 0 Å². The van der Waals surface area contributed by atoms with E-state index in [1.165, 1.54) is 38.5 Å². The first-order valence-corrected chi connectivity index (χ1v) is 12.7. The molecule has 0 spiro atoms. The summed E-state index contributed by atoms with van der Waals surface area (Å²) in [7, 11) is 0. The molecule has 0 aromatic carbocycles. The van der Waals surface area contributed by atoms with Crippen LogP contribution in [0.3, 0.4) is 0 Å². The third-order valence-electron chi connectivity index (χ3n) is 10.3. The first-order chi connectivity index (χ1) is 14.1. The SMILES string of the molecule is CC(C)CCC[C@@H](C)[C@H]1CC[C@H]2[C@@H]3[C@@H](O)[C@@H](O)C4=CC(=O)CC[C@]4(C)[C@H]3CC[C@]12C. The molecular formula is C27H44O3. The van der Waals surface area contributed by atoms with Crippen LogP contribution in [-0.4, -0.2) is 28.2 Å². The second kappa shape index (κ2) is 8.03. The molecule has 3 fully saturated rings. The lowest BCUT2D eigenvalue weighted by Crippen LogP contribution is -2.60. The molecule has 4 aliphatic rings. The van der Waals surface area contributed by atoms with Gasteiger partial charge < -0.3 is 10.2 Å². The van der Waals surface area contributed by atoms with Crippen LogP contribution < -0.4 is 0 Å². The average Bonchev–Trinajstić information content (AvgIpc) is 3.04. The van der Waals surface area contributed by atoms with Crippen molar-refractivity contribution in [3.63, 3.8) is 0 Å². The highest BCUT2D eigenvalue weighted by Gasteiger charge is 2.63. The molecule has 3 heteroatoms. The molecule has 0 heterocycles. The van der Waals surface area contributed by atoms with Gasteiger partial charge in [-0.2, -0.15) is 0 Å². The summed E-state index contributed by atoms with van der Waals surface area (Å²) in [5.74, 6) is 3.42. The van der Waals surface area contributed by atoms with E-state index in [2.05, 4.69) is 34.6 Å². The van der Waals surface area contributed by atoms with Gasteiger partial charge in [0, 0.05) is 6.42 Å². The Morgan fingerprint density at radius 1 is 1.03 bits per heavy atom. The third-order valence-corrected chi connectivity index (χ3v) is 10.3. The van der Waals surface area contributed by atoms with Gasteiger partial charge in [0.15, 0.2) is 5.78 Å². The van der Waals surface area contributed by atoms with E-state index in [1.54, 1.807) is 6.08 Å². The lowest BCUT2D eigenvalue weighted by atomic mass is 9.45. The Morgan fingerprint density at radius 2 is 1.77 bits per heavy atom. The van der Waals surface area contributed by atoms with E-state index in [9.17, 15) is 15.0 Å². The second-order valence-electron chi connectivity index (χ2n) is 12.2. The monoisotopic (exact) mass is 416 g/mol. The molecule has 4 rings (SSSR count). The molecule has 2 N–H and O–H groups in total. The van der Waals surface area contributed by atoms with Crippen molar-refractivity contribution < 1.29 is 15.0 Å². The number of ketones is 1. The van der Waals surface area contributed by atoms with Crippen molar-refractivity contribution in [3.05, 3.63) is 11.6 Å². The van der Waals surface area contributed by atoms with Crippen molar-refractivity contribution in [2.75, 3.05) is 0 Å². The molecule has 0 aromatic heterocycles. The molecular weight excluding hydrogens is 372 g/mol. The van der Waals surface area contributed by atoms with Crippen LogP contribution in [0.2, 0.25) is 0 Å². The first kappa shape index (κ1) is 22.5. The number of carbonyl (C=O) groups excluding carboxylic acids is 1. The van der Waals surface area contributed by atoms with Gasteiger partial charge in [0.05, 0.1) is 6.10 Å². The standard InChI is InChI=1S/C27H44O3/c1-16(2)7-6-8-17(3)19-9-10-20-23-21(12-14-26(19,20)4)27(5)13-11-18(28)15-22(27)24(29)25(23)30/h15-17,19-21,23-25,29-30H,6-14H2,1-5H3/t17-,19-,20+,21+,23+,24+,25-,26-,27-/m1/s1. The van der Waals surface area contributed by atoms with Crippen LogP contribution in [-0.2, 0) is 4.79 Å². The van der Waals surface area contributed by atoms with Gasteiger partial charge in [0.1, 0.15) is 6.10 Å². The maximum absolute atomic E-state index is 12.1. The Morgan fingerprint density at radius 3 is 2.47 bits per heavy atom. The minimum absolute atomic E-state index is 0.115. The summed E-state index contributed by atoms with van der Waals surface area (Å²) < 4.78 is 0. The van der Waals surface area contributed by atoms with Crippen LogP contribution >= 0.6 is 0 Å². The molecule has 30 heavy (non-hydrogen) atoms. The molecule has 0 aliphatic heterocycles. The normalized spacial score (nSPS) is 46.8. The summed E-state index contributed by atoms with van der Waals surface area (Å²) in [5.41, 5.74) is 0.980. The van der Waals surface area contributed by atoms with E-state index < -0.39 is 12.2 Å². The Kier molecular flexibility index (Phi) is 6.03. The van der Waals surface area contributed by atoms with Crippen LogP contribution in [0.1, 0.15) is 92.4 Å². The zero-order valence-corrected chi connectivity index (χ0v) is 19.9. The van der Waals surface area contributed by atoms with Gasteiger partial charge >= 0.3 is 0 Å². The smallest absolute Gasteiger partial charge is 0.155 e. The van der Waals surface area contributed by atoms with Crippen LogP contribution in [0.25, 0.3) is 0 Å². The van der Waals surface area contributed by atoms with Gasteiger partial charge in [-0.3, -0.25) is 4.79 Å². The van der Waals surface area contributed by atoms with Crippen molar-refractivity contribution in [1.29, 1.82) is 0 Å². The van der Waals surface area contributed by atoms with E-state index >= 15 is 0 Å². The molecule has 0 saturated heterocycles. The Labute approximate surface area is 183 Å². The summed E-state index contributed by atoms with van der Waals surface area (Å²) in [6.45, 7) is 11.9. The van der Waals surface area contributed by atoms with Crippen molar-refractivity contribution in [3.8, 4) is 0 Å². The summed E-state index contributed by atoms with van der Waals surface area (Å²) in [6, 6.07) is 0. The molecule has 3 saturated carbocycles. The van der Waals surface area contributed by atoms with E-state index in [1.807, 2.05) is 0 Å².